The van der Waals surface area contributed by atoms with Gasteiger partial charge in [-0.2, -0.15) is 0 Å². The van der Waals surface area contributed by atoms with E-state index >= 15 is 0 Å². The second kappa shape index (κ2) is 15.9. The van der Waals surface area contributed by atoms with Crippen molar-refractivity contribution < 1.29 is 50.3 Å². The van der Waals surface area contributed by atoms with Crippen LogP contribution < -0.4 is 14.7 Å². The van der Waals surface area contributed by atoms with Gasteiger partial charge < -0.3 is 18.9 Å². The van der Waals surface area contributed by atoms with Gasteiger partial charge in [0, 0.05) is 28.1 Å². The molecule has 0 saturated carbocycles. The normalized spacial score (nSPS) is 12.4. The fourth-order valence-electron chi connectivity index (χ4n) is 2.36. The molecule has 26 heavy (non-hydrogen) atoms. The van der Waals surface area contributed by atoms with Crippen LogP contribution >= 0.6 is 0 Å². The first-order valence-corrected chi connectivity index (χ1v) is 10.6. The van der Waals surface area contributed by atoms with Crippen LogP contribution in [0.5, 0.6) is 11.5 Å². The number of ether oxygens (including phenoxy) is 4. The minimum absolute atomic E-state index is 0. The van der Waals surface area contributed by atoms with Gasteiger partial charge in [0.15, 0.2) is 6.29 Å². The third kappa shape index (κ3) is 8.39. The molecule has 0 spiro atoms. The fourth-order valence-corrected chi connectivity index (χ4v) is 4.19. The molecule has 1 fully saturated rings. The van der Waals surface area contributed by atoms with Crippen LogP contribution in [0.2, 0.25) is 19.6 Å². The number of hydrogen-bond acceptors (Lipinski definition) is 4. The molecule has 0 N–H and O–H groups in total. The summed E-state index contributed by atoms with van der Waals surface area (Å²) in [6.07, 6.45) is -0.307. The number of methoxy groups -OCH3 is 2. The molecule has 0 amide bonds. The predicted octanol–water partition coefficient (Wildman–Crippen LogP) is 2.18. The van der Waals surface area contributed by atoms with Gasteiger partial charge >= 0.3 is 33.9 Å². The van der Waals surface area contributed by atoms with Crippen LogP contribution in [0.1, 0.15) is 11.9 Å². The van der Waals surface area contributed by atoms with Crippen molar-refractivity contribution in [3.8, 4) is 11.5 Å². The third-order valence-electron chi connectivity index (χ3n) is 3.17. The summed E-state index contributed by atoms with van der Waals surface area (Å²) in [5, 5.41) is 1.19. The van der Waals surface area contributed by atoms with Crippen LogP contribution in [-0.2, 0) is 40.8 Å². The van der Waals surface area contributed by atoms with Crippen molar-refractivity contribution in [3.05, 3.63) is 37.6 Å². The van der Waals surface area contributed by atoms with E-state index in [0.717, 1.165) is 17.1 Å². The summed E-state index contributed by atoms with van der Waals surface area (Å²) < 4.78 is 44.7. The van der Waals surface area contributed by atoms with Crippen molar-refractivity contribution in [3.63, 3.8) is 0 Å². The van der Waals surface area contributed by atoms with Crippen LogP contribution in [0.25, 0.3) is 0 Å². The average molecular weight is 418 g/mol. The molecule has 1 aliphatic heterocycles. The van der Waals surface area contributed by atoms with E-state index in [-0.39, 0.29) is 23.7 Å². The number of benzene rings is 1. The SMILES string of the molecule is COc1cc(C2OCCO2)cc(OC)c1[Si](C)(C)C.[C-]#[O+].[C-]#[O+].[C-]#[O+].[Cr]. The molecular formula is C17H22CrO7Si. The fraction of sp³-hybridized carbons (Fsp3) is 0.471. The van der Waals surface area contributed by atoms with Crippen molar-refractivity contribution in [2.45, 2.75) is 25.9 Å². The molecule has 0 bridgehead atoms. The quantitative estimate of drug-likeness (QED) is 0.425. The monoisotopic (exact) mass is 418 g/mol. The smallest absolute Gasteiger partial charge is 0 e. The minimum Gasteiger partial charge on any atom is 0 e. The first-order chi connectivity index (χ1) is 12.0. The van der Waals surface area contributed by atoms with Crippen molar-refractivity contribution in [2.75, 3.05) is 27.4 Å². The molecule has 1 heterocycles. The zero-order valence-electron chi connectivity index (χ0n) is 15.4. The molecule has 0 radical (unpaired) electrons. The van der Waals surface area contributed by atoms with Gasteiger partial charge in [-0.15, -0.1) is 0 Å². The molecule has 1 aliphatic rings. The first-order valence-electron chi connectivity index (χ1n) is 7.08. The summed E-state index contributed by atoms with van der Waals surface area (Å²) in [4.78, 5) is 0. The number of rotatable bonds is 4. The predicted molar refractivity (Wildman–Crippen MR) is 89.0 cm³/mol. The Morgan fingerprint density at radius 2 is 1.23 bits per heavy atom. The van der Waals surface area contributed by atoms with E-state index in [1.165, 1.54) is 5.19 Å². The van der Waals surface area contributed by atoms with Gasteiger partial charge in [0.25, 0.3) is 0 Å². The van der Waals surface area contributed by atoms with Crippen molar-refractivity contribution >= 4 is 13.3 Å². The molecule has 0 unspecified atom stereocenters. The Morgan fingerprint density at radius 1 is 0.885 bits per heavy atom. The molecule has 1 aromatic rings. The van der Waals surface area contributed by atoms with Crippen LogP contribution in [-0.4, -0.2) is 35.5 Å². The van der Waals surface area contributed by atoms with Crippen LogP contribution in [0.15, 0.2) is 12.1 Å². The minimum atomic E-state index is -1.56. The van der Waals surface area contributed by atoms with Gasteiger partial charge in [0.2, 0.25) is 0 Å². The van der Waals surface area contributed by atoms with Crippen molar-refractivity contribution in [2.24, 2.45) is 0 Å². The maximum absolute atomic E-state index is 7.50. The maximum Gasteiger partial charge on any atom is 0 e. The van der Waals surface area contributed by atoms with Crippen molar-refractivity contribution in [1.29, 1.82) is 0 Å². The molecule has 1 saturated heterocycles. The van der Waals surface area contributed by atoms with Gasteiger partial charge in [-0.25, -0.2) is 0 Å². The molecule has 0 aliphatic carbocycles. The van der Waals surface area contributed by atoms with Gasteiger partial charge in [-0.05, 0) is 12.1 Å². The molecular weight excluding hydrogens is 396 g/mol. The molecule has 0 aromatic heterocycles. The topological polar surface area (TPSA) is 96.6 Å². The zero-order chi connectivity index (χ0) is 20.0. The Labute approximate surface area is 166 Å². The summed E-state index contributed by atoms with van der Waals surface area (Å²) in [5.41, 5.74) is 0.952. The van der Waals surface area contributed by atoms with E-state index in [1.54, 1.807) is 14.2 Å². The Bertz CT molecular complexity index is 533. The molecule has 9 heteroatoms. The summed E-state index contributed by atoms with van der Waals surface area (Å²) in [6, 6.07) is 4.01. The Balaban J connectivity index is -0.000000686. The van der Waals surface area contributed by atoms with Crippen LogP contribution in [0.4, 0.5) is 0 Å². The van der Waals surface area contributed by atoms with Gasteiger partial charge in [0.1, 0.15) is 11.5 Å². The van der Waals surface area contributed by atoms with E-state index in [9.17, 15) is 0 Å². The second-order valence-corrected chi connectivity index (χ2v) is 10.6. The molecule has 142 valence electrons. The van der Waals surface area contributed by atoms with Gasteiger partial charge in [-0.1, -0.05) is 19.6 Å². The zero-order valence-corrected chi connectivity index (χ0v) is 17.7. The first kappa shape index (κ1) is 29.5. The van der Waals surface area contributed by atoms with E-state index in [1.807, 2.05) is 12.1 Å². The van der Waals surface area contributed by atoms with E-state index in [4.69, 9.17) is 32.9 Å². The Kier molecular flexibility index (Phi) is 18.1. The largest absolute Gasteiger partial charge is 0 e. The van der Waals surface area contributed by atoms with Crippen molar-refractivity contribution in [1.82, 2.24) is 0 Å². The number of hydrogen-bond donors (Lipinski definition) is 0. The summed E-state index contributed by atoms with van der Waals surface area (Å²) in [5.74, 6) is 1.74. The maximum atomic E-state index is 7.50. The van der Waals surface area contributed by atoms with Gasteiger partial charge in [-0.3, -0.25) is 0 Å². The second-order valence-electron chi connectivity index (χ2n) is 5.62. The molecule has 2 rings (SSSR count). The molecule has 1 aromatic carbocycles. The average Bonchev–Trinajstić information content (AvgIpc) is 3.19. The van der Waals surface area contributed by atoms with E-state index in [0.29, 0.717) is 13.2 Å². The summed E-state index contributed by atoms with van der Waals surface area (Å²) >= 11 is 0. The van der Waals surface area contributed by atoms with E-state index < -0.39 is 8.07 Å². The van der Waals surface area contributed by atoms with Gasteiger partial charge in [0.05, 0.1) is 35.5 Å². The summed E-state index contributed by atoms with van der Waals surface area (Å²) in [7, 11) is 1.83. The Hall–Kier alpha value is -1.29. The van der Waals surface area contributed by atoms with Crippen LogP contribution in [0, 0.1) is 20.0 Å². The third-order valence-corrected chi connectivity index (χ3v) is 5.16. The molecule has 0 atom stereocenters. The standard InChI is InChI=1S/C14H22O4Si.3CO.Cr/c1-15-11-8-10(14-17-6-7-18-14)9-12(16-2)13(11)19(3,4)5;3*1-2;/h8-9,14H,6-7H2,1-5H3;;;;. The van der Waals surface area contributed by atoms with Crippen LogP contribution in [0.3, 0.4) is 0 Å². The Morgan fingerprint density at radius 3 is 1.50 bits per heavy atom. The molecule has 7 nitrogen and oxygen atoms in total. The summed E-state index contributed by atoms with van der Waals surface area (Å²) in [6.45, 7) is 21.6. The van der Waals surface area contributed by atoms with E-state index in [2.05, 4.69) is 39.6 Å².